The standard InChI is InChI=1S/C36H57N7O17S/c1-15-8-19(45)12-38-34(54)29-30(50)16(2)13-43(29)36(56)28(23(48)6-7-37)41-33(53)27(24(49)9-18-4-5-22(47)25(10-18)60-61(57,58)59)40-32(52)21-11-20(46)14-42(21)35(55)26(17(3)44)39-31(15)51/h4-5,10,15-17,19-21,23-24,26-30,44-50,57-59H,6-9,11-14,37H2,1-3H3,(H,38,54)(H,39,51)(H,40,52)(H,41,53)/t15?,16-,17+,19+,20+,21-,23+,24+,26-,27-,28-,29-,30-/m0/s1. The summed E-state index contributed by atoms with van der Waals surface area (Å²) >= 11 is -4.66. The minimum absolute atomic E-state index is 0.000929. The molecular formula is C36H57N7O17S. The lowest BCUT2D eigenvalue weighted by Gasteiger charge is -2.34. The highest BCUT2D eigenvalue weighted by molar-refractivity contribution is 8.15. The van der Waals surface area contributed by atoms with Crippen LogP contribution in [0.1, 0.15) is 45.6 Å². The molecule has 0 radical (unpaired) electrons. The smallest absolute Gasteiger partial charge is 0.266 e. The van der Waals surface area contributed by atoms with Crippen molar-refractivity contribution in [2.75, 3.05) is 26.2 Å². The minimum Gasteiger partial charge on any atom is -0.504 e. The number of aliphatic hydroxyl groups excluding tert-OH is 6. The lowest BCUT2D eigenvalue weighted by atomic mass is 9.98. The van der Waals surface area contributed by atoms with E-state index in [0.29, 0.717) is 0 Å². The van der Waals surface area contributed by atoms with Gasteiger partial charge in [-0.3, -0.25) is 42.4 Å². The zero-order valence-corrected chi connectivity index (χ0v) is 34.4. The molecule has 1 aromatic rings. The summed E-state index contributed by atoms with van der Waals surface area (Å²) in [5.74, 6) is -9.44. The van der Waals surface area contributed by atoms with E-state index in [0.717, 1.165) is 21.9 Å². The monoisotopic (exact) mass is 891 g/mol. The van der Waals surface area contributed by atoms with Gasteiger partial charge >= 0.3 is 0 Å². The second-order valence-electron chi connectivity index (χ2n) is 15.8. The first-order valence-electron chi connectivity index (χ1n) is 19.5. The average Bonchev–Trinajstić information content (AvgIpc) is 3.71. The van der Waals surface area contributed by atoms with Gasteiger partial charge in [-0.05, 0) is 44.0 Å². The molecule has 0 bridgehead atoms. The van der Waals surface area contributed by atoms with E-state index in [4.69, 9.17) is 5.73 Å². The highest BCUT2D eigenvalue weighted by atomic mass is 32.3. The van der Waals surface area contributed by atoms with Crippen molar-refractivity contribution in [1.29, 1.82) is 0 Å². The molecule has 0 saturated carbocycles. The van der Waals surface area contributed by atoms with Crippen LogP contribution in [0.4, 0.5) is 0 Å². The molecule has 25 heteroatoms. The van der Waals surface area contributed by atoms with Crippen LogP contribution in [0.5, 0.6) is 11.5 Å². The number of aromatic hydroxyl groups is 1. The Morgan fingerprint density at radius 2 is 1.43 bits per heavy atom. The third kappa shape index (κ3) is 12.4. The fraction of sp³-hybridized carbons (Fsp3) is 0.667. The fourth-order valence-electron chi connectivity index (χ4n) is 7.54. The molecule has 1 unspecified atom stereocenters. The summed E-state index contributed by atoms with van der Waals surface area (Å²) in [5, 5.41) is 85.5. The predicted molar refractivity (Wildman–Crippen MR) is 211 cm³/mol. The van der Waals surface area contributed by atoms with Gasteiger partial charge < -0.3 is 76.7 Å². The number of nitrogens with one attached hydrogen (secondary N) is 4. The molecule has 3 heterocycles. The molecule has 4 rings (SSSR count). The number of β-amino-alcohol motifs (C(OH)–C–C–N with tert-alkyl or cyclic N) is 1. The highest BCUT2D eigenvalue weighted by Gasteiger charge is 2.49. The number of rotatable bonds is 9. The number of fused-ring (bicyclic) bond motifs is 2. The van der Waals surface area contributed by atoms with Gasteiger partial charge in [0.25, 0.3) is 11.2 Å². The molecule has 0 aromatic heterocycles. The fourth-order valence-corrected chi connectivity index (χ4v) is 7.92. The highest BCUT2D eigenvalue weighted by Crippen LogP contribution is 2.40. The Balaban J connectivity index is 1.81. The number of nitrogens with zero attached hydrogens (tertiary/aromatic N) is 2. The number of carbonyl (C=O) groups is 6. The van der Waals surface area contributed by atoms with Gasteiger partial charge in [0.15, 0.2) is 11.5 Å². The van der Waals surface area contributed by atoms with E-state index >= 15 is 0 Å². The summed E-state index contributed by atoms with van der Waals surface area (Å²) in [6.45, 7) is 2.68. The van der Waals surface area contributed by atoms with E-state index < -0.39 is 163 Å². The maximum atomic E-state index is 14.3. The maximum Gasteiger partial charge on any atom is 0.266 e. The van der Waals surface area contributed by atoms with E-state index in [-0.39, 0.29) is 31.5 Å². The van der Waals surface area contributed by atoms with Crippen LogP contribution in [0.25, 0.3) is 0 Å². The first kappa shape index (κ1) is 49.2. The molecule has 344 valence electrons. The Kier molecular flexibility index (Phi) is 16.7. The summed E-state index contributed by atoms with van der Waals surface area (Å²) < 4.78 is 32.7. The normalized spacial score (nSPS) is 32.0. The Hall–Kier alpha value is -4.41. The summed E-state index contributed by atoms with van der Waals surface area (Å²) in [4.78, 5) is 85.2. The molecular weight excluding hydrogens is 834 g/mol. The number of carbonyl (C=O) groups excluding carboxylic acids is 6. The van der Waals surface area contributed by atoms with Gasteiger partial charge in [0.2, 0.25) is 35.4 Å². The molecule has 24 nitrogen and oxygen atoms in total. The van der Waals surface area contributed by atoms with Crippen LogP contribution in [0.3, 0.4) is 0 Å². The zero-order chi connectivity index (χ0) is 45.7. The molecule has 6 amide bonds. The van der Waals surface area contributed by atoms with Crippen LogP contribution >= 0.6 is 11.2 Å². The van der Waals surface area contributed by atoms with Crippen molar-refractivity contribution < 1.29 is 82.4 Å². The van der Waals surface area contributed by atoms with Crippen molar-refractivity contribution in [3.8, 4) is 11.5 Å². The number of aliphatic hydroxyl groups is 6. The third-order valence-electron chi connectivity index (χ3n) is 10.8. The first-order valence-corrected chi connectivity index (χ1v) is 21.0. The lowest BCUT2D eigenvalue weighted by molar-refractivity contribution is -0.147. The number of benzene rings is 1. The number of nitrogens with two attached hydrogens (primary N) is 1. The first-order chi connectivity index (χ1) is 28.4. The summed E-state index contributed by atoms with van der Waals surface area (Å²) in [6, 6.07) is -5.79. The number of phenols is 1. The topological polar surface area (TPSA) is 395 Å². The Labute approximate surface area is 351 Å². The number of phenolic OH excluding ortho intramolecular Hbond substituents is 1. The van der Waals surface area contributed by atoms with E-state index in [9.17, 15) is 78.2 Å². The Morgan fingerprint density at radius 1 is 0.803 bits per heavy atom. The van der Waals surface area contributed by atoms with Gasteiger partial charge in [-0.1, -0.05) is 19.9 Å². The van der Waals surface area contributed by atoms with Crippen molar-refractivity contribution in [1.82, 2.24) is 31.1 Å². The summed E-state index contributed by atoms with van der Waals surface area (Å²) in [7, 11) is 0. The number of hydrogen-bond acceptors (Lipinski definition) is 18. The van der Waals surface area contributed by atoms with E-state index in [2.05, 4.69) is 25.5 Å². The van der Waals surface area contributed by atoms with E-state index in [1.807, 2.05) is 0 Å². The summed E-state index contributed by atoms with van der Waals surface area (Å²) in [5.41, 5.74) is 5.68. The zero-order valence-electron chi connectivity index (χ0n) is 33.6. The molecule has 3 saturated heterocycles. The van der Waals surface area contributed by atoms with Crippen LogP contribution in [-0.4, -0.2) is 188 Å². The van der Waals surface area contributed by atoms with Crippen molar-refractivity contribution in [2.24, 2.45) is 17.6 Å². The van der Waals surface area contributed by atoms with Crippen molar-refractivity contribution in [3.05, 3.63) is 23.8 Å². The van der Waals surface area contributed by atoms with Crippen LogP contribution < -0.4 is 31.2 Å². The van der Waals surface area contributed by atoms with Crippen LogP contribution in [0, 0.1) is 11.8 Å². The lowest BCUT2D eigenvalue weighted by Crippen LogP contribution is -2.64. The van der Waals surface area contributed by atoms with E-state index in [1.165, 1.54) is 26.8 Å². The predicted octanol–water partition coefficient (Wildman–Crippen LogP) is -4.96. The van der Waals surface area contributed by atoms with Gasteiger partial charge in [0.05, 0.1) is 36.6 Å². The molecule has 16 N–H and O–H groups in total. The number of hydrogen-bond donors (Lipinski definition) is 15. The molecule has 61 heavy (non-hydrogen) atoms. The largest absolute Gasteiger partial charge is 0.504 e. The van der Waals surface area contributed by atoms with Gasteiger partial charge in [-0.25, -0.2) is 0 Å². The van der Waals surface area contributed by atoms with Gasteiger partial charge in [0, 0.05) is 44.3 Å². The second kappa shape index (κ2) is 20.6. The quantitative estimate of drug-likeness (QED) is 0.110. The van der Waals surface area contributed by atoms with Crippen molar-refractivity contribution >= 4 is 46.6 Å². The molecule has 3 fully saturated rings. The van der Waals surface area contributed by atoms with Gasteiger partial charge in [-0.15, -0.1) is 0 Å². The second-order valence-corrected chi connectivity index (χ2v) is 16.9. The molecule has 0 spiro atoms. The van der Waals surface area contributed by atoms with Crippen LogP contribution in [-0.2, 0) is 35.2 Å². The van der Waals surface area contributed by atoms with Crippen molar-refractivity contribution in [3.63, 3.8) is 0 Å². The minimum atomic E-state index is -4.66. The molecule has 3 aliphatic heterocycles. The number of amides is 6. The SMILES string of the molecule is CC1C[C@@H](O)CNC(=O)[C@@H]2[C@@H](O)[C@@H](C)CN2C(=O)[C@H]([C@H](O)CCN)NC(=O)[C@H]([C@H](O)Cc2ccc(O)c(OS(O)(O)O)c2)NC(=O)[C@@H]2C[C@@H](O)CN2C(=O)[C@H]([C@@H](C)O)NC1=O. The molecule has 13 atom stereocenters. The Bertz CT molecular complexity index is 1770. The van der Waals surface area contributed by atoms with Gasteiger partial charge in [-0.2, -0.15) is 0 Å². The van der Waals surface area contributed by atoms with Crippen LogP contribution in [0.2, 0.25) is 0 Å². The van der Waals surface area contributed by atoms with Crippen molar-refractivity contribution in [2.45, 2.75) is 113 Å². The Morgan fingerprint density at radius 3 is 2.05 bits per heavy atom. The molecule has 0 aliphatic carbocycles. The third-order valence-corrected chi connectivity index (χ3v) is 11.2. The van der Waals surface area contributed by atoms with Crippen LogP contribution in [0.15, 0.2) is 18.2 Å². The van der Waals surface area contributed by atoms with E-state index in [1.54, 1.807) is 0 Å². The molecule has 1 aromatic carbocycles. The maximum absolute atomic E-state index is 14.3. The van der Waals surface area contributed by atoms with Gasteiger partial charge in [0.1, 0.15) is 30.2 Å². The summed E-state index contributed by atoms with van der Waals surface area (Å²) in [6.07, 6.45) is -11.1. The molecule has 3 aliphatic rings. The average molecular weight is 892 g/mol.